The normalized spacial score (nSPS) is 11.6. The highest BCUT2D eigenvalue weighted by Gasteiger charge is 2.36. The second-order valence-corrected chi connectivity index (χ2v) is 23.8. The Hall–Kier alpha value is -10.9. The smallest absolute Gasteiger partial charge is 0.330 e. The first kappa shape index (κ1) is 58.7. The molecule has 92 heavy (non-hydrogen) atoms. The van der Waals surface area contributed by atoms with Crippen LogP contribution < -0.4 is 5.46 Å². The monoisotopic (exact) mass is 1210 g/mol. The van der Waals surface area contributed by atoms with Gasteiger partial charge in [-0.25, -0.2) is 29.9 Å². The fraction of sp³-hybridized carbons (Fsp3) is 0.0750. The van der Waals surface area contributed by atoms with E-state index in [-0.39, 0.29) is 0 Å². The van der Waals surface area contributed by atoms with Gasteiger partial charge in [-0.05, 0) is 80.6 Å². The third-order valence-corrected chi connectivity index (χ3v) is 17.0. The number of para-hydroxylation sites is 2. The molecule has 10 nitrogen and oxygen atoms in total. The molecule has 12 aromatic carbocycles. The third-order valence-electron chi connectivity index (χ3n) is 16.7. The minimum absolute atomic E-state index is 0.583. The lowest BCUT2D eigenvalue weighted by Crippen LogP contribution is -2.49. The molecule has 0 amide bonds. The maximum absolute atomic E-state index is 10.4. The summed E-state index contributed by atoms with van der Waals surface area (Å²) in [6.45, 7) is 7.19. The summed E-state index contributed by atoms with van der Waals surface area (Å²) in [4.78, 5) is 29.0. The molecule has 0 saturated heterocycles. The number of halogens is 1. The van der Waals surface area contributed by atoms with E-state index >= 15 is 0 Å². The average Bonchev–Trinajstić information content (AvgIpc) is 1.60. The molecule has 0 spiro atoms. The van der Waals surface area contributed by atoms with Crippen LogP contribution in [0.5, 0.6) is 0 Å². The van der Waals surface area contributed by atoms with Crippen LogP contribution in [-0.4, -0.2) is 53.7 Å². The van der Waals surface area contributed by atoms with Crippen molar-refractivity contribution < 1.29 is 18.6 Å². The zero-order valence-electron chi connectivity index (χ0n) is 50.9. The maximum Gasteiger partial charge on any atom is 0.330 e. The number of benzene rings is 12. The molecule has 1 N–H and O–H groups in total. The quantitative estimate of drug-likeness (QED) is 0.125. The Kier molecular flexibility index (Phi) is 16.0. The van der Waals surface area contributed by atoms with Crippen molar-refractivity contribution >= 4 is 90.0 Å². The van der Waals surface area contributed by atoms with Gasteiger partial charge in [0.1, 0.15) is 22.3 Å². The van der Waals surface area contributed by atoms with Gasteiger partial charge in [-0.15, -0.1) is 0 Å². The van der Waals surface area contributed by atoms with Crippen LogP contribution in [-0.2, 0) is 4.65 Å². The van der Waals surface area contributed by atoms with Crippen molar-refractivity contribution in [1.29, 1.82) is 0 Å². The number of nitrogens with zero attached hydrogens (tertiary/aromatic N) is 6. The molecule has 0 aliphatic carbocycles. The standard InChI is InChI=1S/C37H23N3O.C27H27BN3O2.C16H9ClO/c1-3-11-24(12-4-1)35-38-36(25-13-5-2-6-14-25)40-37(39-35)27-16-9-15-26(23-27)28-18-10-19-31-29(28)21-22-32-30-17-7-8-20-33(30)41-34(31)32;1-26(2,32)27(3,4)33-28-22-17-11-16-21(18-22)25-30-23(19-12-7-5-8-13-19)29-24(31-25)20-14-9-6-10-15-20;17-14-6-3-5-12-10(14)8-9-13-11-4-1-2-7-15(11)18-16(12)13/h1-23H;5-18,32H,1-4H3;1-9H. The lowest BCUT2D eigenvalue weighted by molar-refractivity contribution is -0.0893. The van der Waals surface area contributed by atoms with Crippen molar-refractivity contribution in [2.75, 3.05) is 0 Å². The van der Waals surface area contributed by atoms with Gasteiger partial charge in [0.15, 0.2) is 34.9 Å². The summed E-state index contributed by atoms with van der Waals surface area (Å²) in [6.07, 6.45) is 0. The minimum atomic E-state index is -0.996. The Morgan fingerprint density at radius 1 is 0.326 bits per heavy atom. The molecule has 0 fully saturated rings. The van der Waals surface area contributed by atoms with E-state index in [9.17, 15) is 5.11 Å². The van der Waals surface area contributed by atoms with Gasteiger partial charge in [-0.1, -0.05) is 260 Å². The van der Waals surface area contributed by atoms with Crippen molar-refractivity contribution in [2.24, 2.45) is 0 Å². The van der Waals surface area contributed by atoms with Crippen LogP contribution in [0, 0.1) is 0 Å². The zero-order valence-corrected chi connectivity index (χ0v) is 51.6. The van der Waals surface area contributed by atoms with E-state index in [0.717, 1.165) is 120 Å². The zero-order chi connectivity index (χ0) is 62.8. The number of aliphatic hydroxyl groups is 1. The molecule has 4 heterocycles. The van der Waals surface area contributed by atoms with Crippen molar-refractivity contribution in [3.05, 3.63) is 284 Å². The Balaban J connectivity index is 0.000000128. The van der Waals surface area contributed by atoms with E-state index in [0.29, 0.717) is 34.9 Å². The van der Waals surface area contributed by atoms with Gasteiger partial charge in [-0.3, -0.25) is 0 Å². The topological polar surface area (TPSA) is 133 Å². The van der Waals surface area contributed by atoms with Crippen molar-refractivity contribution in [3.63, 3.8) is 0 Å². The molecule has 16 aromatic rings. The molecular formula is C80H59BClN6O4. The molecule has 4 aromatic heterocycles. The van der Waals surface area contributed by atoms with E-state index in [2.05, 4.69) is 84.9 Å². The minimum Gasteiger partial charge on any atom is -0.455 e. The highest BCUT2D eigenvalue weighted by molar-refractivity contribution is 6.47. The molecule has 16 rings (SSSR count). The first-order valence-corrected chi connectivity index (χ1v) is 30.8. The maximum atomic E-state index is 10.4. The van der Waals surface area contributed by atoms with Crippen LogP contribution in [0.15, 0.2) is 288 Å². The van der Waals surface area contributed by atoms with Crippen LogP contribution in [0.25, 0.3) is 145 Å². The summed E-state index contributed by atoms with van der Waals surface area (Å²) in [7, 11) is 1.67. The average molecular weight is 1210 g/mol. The van der Waals surface area contributed by atoms with E-state index in [1.165, 1.54) is 0 Å². The largest absolute Gasteiger partial charge is 0.455 e. The first-order chi connectivity index (χ1) is 44.9. The molecule has 443 valence electrons. The van der Waals surface area contributed by atoms with Gasteiger partial charge in [0.05, 0.1) is 11.2 Å². The number of rotatable bonds is 11. The fourth-order valence-electron chi connectivity index (χ4n) is 11.1. The first-order valence-electron chi connectivity index (χ1n) is 30.4. The molecule has 12 heteroatoms. The molecule has 0 saturated carbocycles. The van der Waals surface area contributed by atoms with Crippen LogP contribution in [0.3, 0.4) is 0 Å². The van der Waals surface area contributed by atoms with Crippen LogP contribution in [0.1, 0.15) is 27.7 Å². The van der Waals surface area contributed by atoms with E-state index in [4.69, 9.17) is 55.0 Å². The van der Waals surface area contributed by atoms with Crippen LogP contribution in [0.2, 0.25) is 5.02 Å². The third kappa shape index (κ3) is 12.0. The molecule has 0 aliphatic heterocycles. The van der Waals surface area contributed by atoms with Crippen molar-refractivity contribution in [3.8, 4) is 79.5 Å². The van der Waals surface area contributed by atoms with Crippen LogP contribution >= 0.6 is 11.6 Å². The fourth-order valence-corrected chi connectivity index (χ4v) is 11.3. The Morgan fingerprint density at radius 2 is 0.663 bits per heavy atom. The highest BCUT2D eigenvalue weighted by Crippen LogP contribution is 2.40. The lowest BCUT2D eigenvalue weighted by Gasteiger charge is -2.37. The van der Waals surface area contributed by atoms with Crippen molar-refractivity contribution in [2.45, 2.75) is 38.9 Å². The summed E-state index contributed by atoms with van der Waals surface area (Å²) in [5.41, 5.74) is 10.5. The molecule has 0 bridgehead atoms. The molecular weight excluding hydrogens is 1160 g/mol. The second-order valence-electron chi connectivity index (χ2n) is 23.4. The van der Waals surface area contributed by atoms with Gasteiger partial charge in [-0.2, -0.15) is 0 Å². The molecule has 1 radical (unpaired) electrons. The number of hydrogen-bond donors (Lipinski definition) is 1. The predicted octanol–water partition coefficient (Wildman–Crippen LogP) is 19.7. The van der Waals surface area contributed by atoms with Gasteiger partial charge < -0.3 is 18.6 Å². The molecule has 0 atom stereocenters. The van der Waals surface area contributed by atoms with Gasteiger partial charge in [0, 0.05) is 76.1 Å². The second kappa shape index (κ2) is 25.1. The summed E-state index contributed by atoms with van der Waals surface area (Å²) in [5, 5.41) is 20.0. The van der Waals surface area contributed by atoms with E-state index in [1.807, 2.05) is 208 Å². The van der Waals surface area contributed by atoms with Crippen LogP contribution in [0.4, 0.5) is 0 Å². The summed E-state index contributed by atoms with van der Waals surface area (Å²) >= 11 is 6.21. The van der Waals surface area contributed by atoms with E-state index in [1.54, 1.807) is 21.3 Å². The number of fused-ring (bicyclic) bond motifs is 10. The SMILES string of the molecule is CC(C)(O)C(C)(C)O[B]c1cccc(-c2nc(-c3ccccc3)nc(-c3ccccc3)n2)c1.Clc1cccc2c1ccc1c3ccccc3oc21.c1ccc(-c2nc(-c3ccccc3)nc(-c3cccc(-c4cccc5c4ccc4c6ccccc6oc54)c3)n2)cc1. The Labute approximate surface area is 537 Å². The van der Waals surface area contributed by atoms with Crippen molar-refractivity contribution in [1.82, 2.24) is 29.9 Å². The lowest BCUT2D eigenvalue weighted by atomic mass is 9.82. The molecule has 0 aliphatic rings. The Bertz CT molecular complexity index is 5210. The van der Waals surface area contributed by atoms with Gasteiger partial charge in [0.25, 0.3) is 0 Å². The number of aromatic nitrogens is 6. The number of hydrogen-bond acceptors (Lipinski definition) is 10. The summed E-state index contributed by atoms with van der Waals surface area (Å²) in [5.74, 6) is 3.76. The van der Waals surface area contributed by atoms with Gasteiger partial charge >= 0.3 is 7.48 Å². The van der Waals surface area contributed by atoms with E-state index < -0.39 is 11.2 Å². The molecule has 0 unspecified atom stereocenters. The number of furan rings is 2. The predicted molar refractivity (Wildman–Crippen MR) is 376 cm³/mol. The Morgan fingerprint density at radius 3 is 1.14 bits per heavy atom. The van der Waals surface area contributed by atoms with Gasteiger partial charge in [0.2, 0.25) is 0 Å². The summed E-state index contributed by atoms with van der Waals surface area (Å²) in [6, 6.07) is 93.2. The summed E-state index contributed by atoms with van der Waals surface area (Å²) < 4.78 is 18.2. The highest BCUT2D eigenvalue weighted by atomic mass is 35.5.